The Morgan fingerprint density at radius 2 is 1.83 bits per heavy atom. The minimum atomic E-state index is -0.729. The maximum atomic E-state index is 12.5. The summed E-state index contributed by atoms with van der Waals surface area (Å²) in [6.07, 6.45) is -0.131. The third kappa shape index (κ3) is 5.50. The predicted octanol–water partition coefficient (Wildman–Crippen LogP) is 2.54. The number of esters is 2. The minimum Gasteiger partial charge on any atom is -0.469 e. The molecule has 0 fully saturated rings. The van der Waals surface area contributed by atoms with Crippen molar-refractivity contribution in [2.24, 2.45) is 0 Å². The molecule has 9 heteroatoms. The molecule has 0 saturated carbocycles. The first-order chi connectivity index (χ1) is 13.7. The van der Waals surface area contributed by atoms with E-state index in [1.807, 2.05) is 11.5 Å². The number of carbonyl (C=O) groups is 3. The third-order valence-electron chi connectivity index (χ3n) is 4.53. The lowest BCUT2D eigenvalue weighted by Gasteiger charge is -2.09. The number of rotatable bonds is 9. The van der Waals surface area contributed by atoms with E-state index in [1.54, 1.807) is 19.1 Å². The van der Waals surface area contributed by atoms with E-state index >= 15 is 0 Å². The molecule has 0 atom stereocenters. The molecule has 2 aromatic rings. The Balaban J connectivity index is 2.00. The Kier molecular flexibility index (Phi) is 7.24. The van der Waals surface area contributed by atoms with Crippen molar-refractivity contribution in [2.75, 3.05) is 13.7 Å². The van der Waals surface area contributed by atoms with Gasteiger partial charge in [-0.1, -0.05) is 18.2 Å². The normalized spacial score (nSPS) is 10.4. The molecular formula is C20H22N2O7. The second-order valence-corrected chi connectivity index (χ2v) is 6.41. The van der Waals surface area contributed by atoms with Gasteiger partial charge in [-0.25, -0.2) is 0 Å². The monoisotopic (exact) mass is 402 g/mol. The molecule has 0 aliphatic carbocycles. The summed E-state index contributed by atoms with van der Waals surface area (Å²) >= 11 is 0. The number of benzene rings is 1. The van der Waals surface area contributed by atoms with Gasteiger partial charge in [-0.15, -0.1) is 0 Å². The number of nitro benzene ring substituents is 1. The van der Waals surface area contributed by atoms with Gasteiger partial charge in [0.15, 0.2) is 6.61 Å². The number of nitrogens with zero attached hydrogens (tertiary/aromatic N) is 2. The number of aryl methyl sites for hydroxylation is 1. The van der Waals surface area contributed by atoms with Crippen LogP contribution in [0.5, 0.6) is 0 Å². The molecule has 0 spiro atoms. The summed E-state index contributed by atoms with van der Waals surface area (Å²) < 4.78 is 11.5. The van der Waals surface area contributed by atoms with E-state index in [1.165, 1.54) is 25.3 Å². The summed E-state index contributed by atoms with van der Waals surface area (Å²) in [5, 5.41) is 11.0. The largest absolute Gasteiger partial charge is 0.469 e. The van der Waals surface area contributed by atoms with Gasteiger partial charge in [0.05, 0.1) is 24.9 Å². The van der Waals surface area contributed by atoms with E-state index in [9.17, 15) is 24.5 Å². The van der Waals surface area contributed by atoms with Crippen molar-refractivity contribution in [1.82, 2.24) is 4.57 Å². The molecule has 1 aromatic heterocycles. The first-order valence-corrected chi connectivity index (χ1v) is 8.89. The second kappa shape index (κ2) is 9.63. The summed E-state index contributed by atoms with van der Waals surface area (Å²) in [7, 11) is 1.31. The van der Waals surface area contributed by atoms with Gasteiger partial charge in [0.1, 0.15) is 0 Å². The molecule has 0 N–H and O–H groups in total. The van der Waals surface area contributed by atoms with Crippen LogP contribution >= 0.6 is 0 Å². The smallest absolute Gasteiger partial charge is 0.310 e. The summed E-state index contributed by atoms with van der Waals surface area (Å²) in [6, 6.07) is 7.54. The minimum absolute atomic E-state index is 0.172. The van der Waals surface area contributed by atoms with Crippen LogP contribution in [0.15, 0.2) is 30.3 Å². The molecule has 0 amide bonds. The number of hydrogen-bond acceptors (Lipinski definition) is 7. The molecule has 0 aliphatic heterocycles. The zero-order chi connectivity index (χ0) is 21.6. The SMILES string of the molecule is COC(=O)CCn1c(C)cc(C(=O)COC(=O)Cc2ccccc2[N+](=O)[O-])c1C. The van der Waals surface area contributed by atoms with Crippen LogP contribution in [0.2, 0.25) is 0 Å². The Bertz CT molecular complexity index is 946. The quantitative estimate of drug-likeness (QED) is 0.274. The Labute approximate surface area is 167 Å². The lowest BCUT2D eigenvalue weighted by atomic mass is 10.1. The molecule has 0 radical (unpaired) electrons. The van der Waals surface area contributed by atoms with Crippen LogP contribution in [-0.2, 0) is 32.0 Å². The molecule has 1 heterocycles. The highest BCUT2D eigenvalue weighted by molar-refractivity contribution is 5.99. The Morgan fingerprint density at radius 1 is 1.14 bits per heavy atom. The molecule has 0 aliphatic rings. The van der Waals surface area contributed by atoms with Crippen molar-refractivity contribution in [1.29, 1.82) is 0 Å². The van der Waals surface area contributed by atoms with Crippen LogP contribution in [0.3, 0.4) is 0 Å². The molecular weight excluding hydrogens is 380 g/mol. The van der Waals surface area contributed by atoms with Crippen LogP contribution in [0.1, 0.15) is 33.7 Å². The topological polar surface area (TPSA) is 118 Å². The Hall–Kier alpha value is -3.49. The van der Waals surface area contributed by atoms with Crippen molar-refractivity contribution in [3.8, 4) is 0 Å². The van der Waals surface area contributed by atoms with Crippen molar-refractivity contribution >= 4 is 23.4 Å². The molecule has 154 valence electrons. The number of hydrogen-bond donors (Lipinski definition) is 0. The van der Waals surface area contributed by atoms with E-state index in [0.717, 1.165) is 5.69 Å². The van der Waals surface area contributed by atoms with Crippen molar-refractivity contribution in [3.63, 3.8) is 0 Å². The molecule has 1 aromatic carbocycles. The molecule has 9 nitrogen and oxygen atoms in total. The van der Waals surface area contributed by atoms with Gasteiger partial charge in [-0.05, 0) is 19.9 Å². The fraction of sp³-hybridized carbons (Fsp3) is 0.350. The average molecular weight is 402 g/mol. The van der Waals surface area contributed by atoms with Gasteiger partial charge in [0.2, 0.25) is 5.78 Å². The van der Waals surface area contributed by atoms with Gasteiger partial charge in [-0.3, -0.25) is 24.5 Å². The van der Waals surface area contributed by atoms with Gasteiger partial charge in [0, 0.05) is 35.1 Å². The Morgan fingerprint density at radius 3 is 2.48 bits per heavy atom. The molecule has 0 saturated heterocycles. The predicted molar refractivity (Wildman–Crippen MR) is 103 cm³/mol. The van der Waals surface area contributed by atoms with Crippen LogP contribution in [0, 0.1) is 24.0 Å². The fourth-order valence-electron chi connectivity index (χ4n) is 3.00. The van der Waals surface area contributed by atoms with Crippen LogP contribution < -0.4 is 0 Å². The fourth-order valence-corrected chi connectivity index (χ4v) is 3.00. The molecule has 0 unspecified atom stereocenters. The van der Waals surface area contributed by atoms with Gasteiger partial charge >= 0.3 is 11.9 Å². The van der Waals surface area contributed by atoms with Gasteiger partial charge in [-0.2, -0.15) is 0 Å². The molecule has 29 heavy (non-hydrogen) atoms. The van der Waals surface area contributed by atoms with Crippen LogP contribution in [0.25, 0.3) is 0 Å². The van der Waals surface area contributed by atoms with Crippen LogP contribution in [-0.4, -0.2) is 40.9 Å². The number of ketones is 1. The number of aromatic nitrogens is 1. The highest BCUT2D eigenvalue weighted by atomic mass is 16.6. The molecule has 0 bridgehead atoms. The van der Waals surface area contributed by atoms with E-state index < -0.39 is 23.3 Å². The van der Waals surface area contributed by atoms with E-state index in [2.05, 4.69) is 4.74 Å². The maximum Gasteiger partial charge on any atom is 0.310 e. The lowest BCUT2D eigenvalue weighted by Crippen LogP contribution is -2.17. The summed E-state index contributed by atoms with van der Waals surface area (Å²) in [5.74, 6) is -1.47. The highest BCUT2D eigenvalue weighted by Gasteiger charge is 2.20. The average Bonchev–Trinajstić information content (AvgIpc) is 2.98. The van der Waals surface area contributed by atoms with E-state index in [4.69, 9.17) is 4.74 Å². The second-order valence-electron chi connectivity index (χ2n) is 6.41. The lowest BCUT2D eigenvalue weighted by molar-refractivity contribution is -0.385. The molecule has 2 rings (SSSR count). The first-order valence-electron chi connectivity index (χ1n) is 8.89. The van der Waals surface area contributed by atoms with E-state index in [-0.39, 0.29) is 30.1 Å². The van der Waals surface area contributed by atoms with Crippen molar-refractivity contribution < 1.29 is 28.8 Å². The summed E-state index contributed by atoms with van der Waals surface area (Å²) in [5.41, 5.74) is 1.89. The number of carbonyl (C=O) groups excluding carboxylic acids is 3. The summed E-state index contributed by atoms with van der Waals surface area (Å²) in [6.45, 7) is 3.45. The van der Waals surface area contributed by atoms with Gasteiger partial charge < -0.3 is 14.0 Å². The zero-order valence-electron chi connectivity index (χ0n) is 16.5. The summed E-state index contributed by atoms with van der Waals surface area (Å²) in [4.78, 5) is 46.3. The maximum absolute atomic E-state index is 12.5. The number of ether oxygens (including phenoxy) is 2. The first kappa shape index (κ1) is 21.8. The standard InChI is InChI=1S/C20H22N2O7/c1-13-10-16(14(2)21(13)9-8-19(24)28-3)18(23)12-29-20(25)11-15-6-4-5-7-17(15)22(26)27/h4-7,10H,8-9,11-12H2,1-3H3. The zero-order valence-corrected chi connectivity index (χ0v) is 16.5. The van der Waals surface area contributed by atoms with Crippen LogP contribution in [0.4, 0.5) is 5.69 Å². The number of nitro groups is 1. The van der Waals surface area contributed by atoms with Gasteiger partial charge in [0.25, 0.3) is 5.69 Å². The highest BCUT2D eigenvalue weighted by Crippen LogP contribution is 2.19. The number of para-hydroxylation sites is 1. The van der Waals surface area contributed by atoms with Crippen molar-refractivity contribution in [3.05, 3.63) is 63.0 Å². The van der Waals surface area contributed by atoms with E-state index in [0.29, 0.717) is 17.8 Å². The third-order valence-corrected chi connectivity index (χ3v) is 4.53. The number of methoxy groups -OCH3 is 1. The van der Waals surface area contributed by atoms with Crippen molar-refractivity contribution in [2.45, 2.75) is 33.2 Å². The number of Topliss-reactive ketones (excluding diaryl/α,β-unsaturated/α-hetero) is 1.